The number of aromatic nitrogens is 1. The van der Waals surface area contributed by atoms with Crippen LogP contribution in [-0.4, -0.2) is 71.5 Å². The number of nitrogens with zero attached hydrogens (tertiary/aromatic N) is 4. The Hall–Kier alpha value is -2.12. The van der Waals surface area contributed by atoms with Gasteiger partial charge in [-0.15, -0.1) is 0 Å². The summed E-state index contributed by atoms with van der Waals surface area (Å²) in [6, 6.07) is 8.64. The number of anilines is 1. The van der Waals surface area contributed by atoms with E-state index in [1.54, 1.807) is 12.1 Å². The van der Waals surface area contributed by atoms with Gasteiger partial charge >= 0.3 is 0 Å². The second-order valence-corrected chi connectivity index (χ2v) is 10.5. The molecule has 174 valence electrons. The fraction of sp³-hybridized carbons (Fsp3) is 0.680. The largest absolute Gasteiger partial charge is 0.423 e. The van der Waals surface area contributed by atoms with Crippen molar-refractivity contribution in [1.29, 1.82) is 0 Å². The number of oxazole rings is 1. The van der Waals surface area contributed by atoms with Crippen molar-refractivity contribution in [2.24, 2.45) is 11.7 Å². The number of benzene rings is 1. The summed E-state index contributed by atoms with van der Waals surface area (Å²) in [5, 5.41) is 0. The third kappa shape index (κ3) is 4.01. The molecule has 1 aromatic heterocycles. The van der Waals surface area contributed by atoms with Crippen LogP contribution in [0.3, 0.4) is 0 Å². The van der Waals surface area contributed by atoms with E-state index in [1.165, 1.54) is 38.5 Å². The van der Waals surface area contributed by atoms with Crippen molar-refractivity contribution in [2.45, 2.75) is 76.5 Å². The summed E-state index contributed by atoms with van der Waals surface area (Å²) >= 11 is 0. The first-order valence-corrected chi connectivity index (χ1v) is 12.3. The van der Waals surface area contributed by atoms with Gasteiger partial charge in [0.05, 0.1) is 5.56 Å². The Morgan fingerprint density at radius 2 is 1.94 bits per heavy atom. The van der Waals surface area contributed by atoms with Gasteiger partial charge in [-0.3, -0.25) is 9.69 Å². The molecule has 0 saturated carbocycles. The molecule has 7 heteroatoms. The molecule has 2 unspecified atom stereocenters. The van der Waals surface area contributed by atoms with Gasteiger partial charge in [0.15, 0.2) is 5.58 Å². The minimum atomic E-state index is -0.467. The van der Waals surface area contributed by atoms with Crippen LogP contribution in [0.5, 0.6) is 0 Å². The van der Waals surface area contributed by atoms with E-state index in [1.807, 2.05) is 6.07 Å². The summed E-state index contributed by atoms with van der Waals surface area (Å²) in [6.07, 6.45) is 7.86. The normalized spacial score (nSPS) is 29.7. The average molecular weight is 440 g/mol. The second kappa shape index (κ2) is 8.67. The molecule has 2 bridgehead atoms. The maximum Gasteiger partial charge on any atom is 0.298 e. The zero-order valence-electron chi connectivity index (χ0n) is 19.7. The number of para-hydroxylation sites is 1. The molecule has 7 nitrogen and oxygen atoms in total. The Bertz CT molecular complexity index is 958. The van der Waals surface area contributed by atoms with Crippen molar-refractivity contribution in [1.82, 2.24) is 14.8 Å². The molecule has 3 atom stereocenters. The molecule has 2 N–H and O–H groups in total. The molecule has 0 radical (unpaired) electrons. The Morgan fingerprint density at radius 3 is 2.62 bits per heavy atom. The standard InChI is InChI=1S/C25H37N5O2/c1-16(2)12-20-15-29(25-27-23-21(24(26)31)8-5-9-22(23)32-25)10-11-30(20)19-13-17-6-4-7-18(14-19)28(17)3/h5,8-9,16-20H,4,6-7,10-15H2,1-3H3,(H2,26,31)/t17?,18?,19?,20-/m0/s1. The summed E-state index contributed by atoms with van der Waals surface area (Å²) in [7, 11) is 2.34. The van der Waals surface area contributed by atoms with Gasteiger partial charge in [0.25, 0.3) is 11.9 Å². The minimum Gasteiger partial charge on any atom is -0.423 e. The van der Waals surface area contributed by atoms with E-state index in [4.69, 9.17) is 15.1 Å². The van der Waals surface area contributed by atoms with E-state index >= 15 is 0 Å². The van der Waals surface area contributed by atoms with Crippen molar-refractivity contribution in [3.63, 3.8) is 0 Å². The highest BCUT2D eigenvalue weighted by molar-refractivity contribution is 6.03. The van der Waals surface area contributed by atoms with Gasteiger partial charge in [0, 0.05) is 43.8 Å². The molecule has 2 aromatic rings. The van der Waals surface area contributed by atoms with Crippen LogP contribution in [0.2, 0.25) is 0 Å². The smallest absolute Gasteiger partial charge is 0.298 e. The highest BCUT2D eigenvalue weighted by Crippen LogP contribution is 2.37. The third-order valence-electron chi connectivity index (χ3n) is 8.00. The molecule has 0 spiro atoms. The summed E-state index contributed by atoms with van der Waals surface area (Å²) in [5.41, 5.74) is 7.17. The van der Waals surface area contributed by atoms with E-state index in [2.05, 4.69) is 35.6 Å². The maximum absolute atomic E-state index is 11.8. The molecule has 3 aliphatic rings. The number of amides is 1. The van der Waals surface area contributed by atoms with Gasteiger partial charge in [-0.1, -0.05) is 26.3 Å². The molecule has 3 aliphatic heterocycles. The number of piperazine rings is 1. The molecule has 0 aliphatic carbocycles. The fourth-order valence-corrected chi connectivity index (χ4v) is 6.41. The Morgan fingerprint density at radius 1 is 1.19 bits per heavy atom. The predicted octanol–water partition coefficient (Wildman–Crippen LogP) is 3.48. The van der Waals surface area contributed by atoms with Crippen molar-refractivity contribution < 1.29 is 9.21 Å². The molecular weight excluding hydrogens is 402 g/mol. The van der Waals surface area contributed by atoms with Gasteiger partial charge in [0.2, 0.25) is 0 Å². The zero-order chi connectivity index (χ0) is 22.4. The van der Waals surface area contributed by atoms with Crippen LogP contribution in [0.15, 0.2) is 22.6 Å². The molecule has 3 fully saturated rings. The van der Waals surface area contributed by atoms with Gasteiger partial charge < -0.3 is 20.0 Å². The topological polar surface area (TPSA) is 78.8 Å². The van der Waals surface area contributed by atoms with Crippen LogP contribution in [0, 0.1) is 5.92 Å². The lowest BCUT2D eigenvalue weighted by atomic mass is 9.80. The number of nitrogens with two attached hydrogens (primary N) is 1. The summed E-state index contributed by atoms with van der Waals surface area (Å²) in [4.78, 5) is 24.2. The Kier molecular flexibility index (Phi) is 5.88. The number of carbonyl (C=O) groups excluding carboxylic acids is 1. The molecule has 4 heterocycles. The van der Waals surface area contributed by atoms with Crippen LogP contribution in [0.4, 0.5) is 6.01 Å². The van der Waals surface area contributed by atoms with Gasteiger partial charge in [-0.05, 0) is 57.2 Å². The van der Waals surface area contributed by atoms with Crippen LogP contribution < -0.4 is 10.6 Å². The number of piperidine rings is 2. The molecule has 5 rings (SSSR count). The van der Waals surface area contributed by atoms with Crippen LogP contribution in [0.1, 0.15) is 62.7 Å². The maximum atomic E-state index is 11.8. The highest BCUT2D eigenvalue weighted by Gasteiger charge is 2.41. The van der Waals surface area contributed by atoms with E-state index in [-0.39, 0.29) is 0 Å². The SMILES string of the molecule is CC(C)C[C@H]1CN(c2nc3c(C(N)=O)cccc3o2)CCN1C1CC2CCCC(C1)N2C. The summed E-state index contributed by atoms with van der Waals surface area (Å²) < 4.78 is 6.09. The predicted molar refractivity (Wildman–Crippen MR) is 127 cm³/mol. The highest BCUT2D eigenvalue weighted by atomic mass is 16.4. The molecule has 32 heavy (non-hydrogen) atoms. The van der Waals surface area contributed by atoms with Gasteiger partial charge in [-0.25, -0.2) is 0 Å². The van der Waals surface area contributed by atoms with Gasteiger partial charge in [0.1, 0.15) is 5.52 Å². The van der Waals surface area contributed by atoms with E-state index in [9.17, 15) is 4.79 Å². The lowest BCUT2D eigenvalue weighted by molar-refractivity contribution is -0.0123. The number of primary amides is 1. The van der Waals surface area contributed by atoms with Crippen molar-refractivity contribution in [2.75, 3.05) is 31.6 Å². The second-order valence-electron chi connectivity index (χ2n) is 10.5. The first kappa shape index (κ1) is 21.7. The number of hydrogen-bond donors (Lipinski definition) is 1. The Balaban J connectivity index is 1.37. The number of hydrogen-bond acceptors (Lipinski definition) is 6. The zero-order valence-corrected chi connectivity index (χ0v) is 19.7. The van der Waals surface area contributed by atoms with Crippen molar-refractivity contribution >= 4 is 23.0 Å². The third-order valence-corrected chi connectivity index (χ3v) is 8.00. The first-order valence-electron chi connectivity index (χ1n) is 12.3. The summed E-state index contributed by atoms with van der Waals surface area (Å²) in [6.45, 7) is 7.48. The Labute approximate surface area is 190 Å². The van der Waals surface area contributed by atoms with E-state index in [0.717, 1.165) is 31.7 Å². The van der Waals surface area contributed by atoms with Crippen molar-refractivity contribution in [3.05, 3.63) is 23.8 Å². The monoisotopic (exact) mass is 439 g/mol. The number of rotatable bonds is 5. The van der Waals surface area contributed by atoms with Crippen LogP contribution in [0.25, 0.3) is 11.1 Å². The van der Waals surface area contributed by atoms with Crippen molar-refractivity contribution in [3.8, 4) is 0 Å². The molecular formula is C25H37N5O2. The first-order chi connectivity index (χ1) is 15.4. The average Bonchev–Trinajstić information content (AvgIpc) is 3.17. The quantitative estimate of drug-likeness (QED) is 0.768. The molecule has 1 aromatic carbocycles. The summed E-state index contributed by atoms with van der Waals surface area (Å²) in [5.74, 6) is 0.170. The lowest BCUT2D eigenvalue weighted by Gasteiger charge is -2.53. The number of fused-ring (bicyclic) bond motifs is 3. The number of carbonyl (C=O) groups is 1. The van der Waals surface area contributed by atoms with E-state index < -0.39 is 5.91 Å². The lowest BCUT2D eigenvalue weighted by Crippen LogP contribution is -2.62. The van der Waals surface area contributed by atoms with Gasteiger partial charge in [-0.2, -0.15) is 4.98 Å². The van der Waals surface area contributed by atoms with Crippen LogP contribution >= 0.6 is 0 Å². The minimum absolute atomic E-state index is 0.424. The molecule has 1 amide bonds. The fourth-order valence-electron chi connectivity index (χ4n) is 6.41. The van der Waals surface area contributed by atoms with E-state index in [0.29, 0.717) is 40.7 Å². The molecule has 3 saturated heterocycles. The van der Waals surface area contributed by atoms with Crippen LogP contribution in [-0.2, 0) is 0 Å².